The maximum absolute atomic E-state index is 13.3. The molecule has 0 spiro atoms. The molecular weight excluding hydrogens is 484 g/mol. The van der Waals surface area contributed by atoms with Crippen molar-refractivity contribution in [2.75, 3.05) is 12.8 Å². The van der Waals surface area contributed by atoms with E-state index in [1.54, 1.807) is 42.5 Å². The number of rotatable bonds is 7. The molecule has 11 nitrogen and oxygen atoms in total. The van der Waals surface area contributed by atoms with Crippen molar-refractivity contribution in [3.05, 3.63) is 89.5 Å². The highest BCUT2D eigenvalue weighted by Gasteiger charge is 2.22. The van der Waals surface area contributed by atoms with E-state index < -0.39 is 10.0 Å². The summed E-state index contributed by atoms with van der Waals surface area (Å²) in [5.41, 5.74) is 7.74. The number of methoxy groups -OCH3 is 1. The van der Waals surface area contributed by atoms with Crippen molar-refractivity contribution in [3.8, 4) is 22.7 Å². The number of nitrogens with one attached hydrogen (secondary N) is 1. The Labute approximate surface area is 205 Å². The topological polar surface area (TPSA) is 155 Å². The molecular formula is C24H20N6O5S. The number of hydrogen-bond donors (Lipinski definition) is 2. The molecule has 0 aliphatic heterocycles. The molecule has 12 heteroatoms. The maximum Gasteiger partial charge on any atom is 0.267 e. The van der Waals surface area contributed by atoms with Crippen molar-refractivity contribution in [1.82, 2.24) is 24.2 Å². The molecule has 0 saturated heterocycles. The smallest absolute Gasteiger partial charge is 0.267 e. The minimum absolute atomic E-state index is 0.0591. The van der Waals surface area contributed by atoms with Crippen molar-refractivity contribution in [2.24, 2.45) is 0 Å². The number of benzene rings is 2. The lowest BCUT2D eigenvalue weighted by atomic mass is 10.1. The second kappa shape index (κ2) is 9.24. The molecule has 5 rings (SSSR count). The normalized spacial score (nSPS) is 11.6. The summed E-state index contributed by atoms with van der Waals surface area (Å²) in [6.45, 7) is -0.0994. The second-order valence-corrected chi connectivity index (χ2v) is 9.44. The Hall–Kier alpha value is -4.55. The lowest BCUT2D eigenvalue weighted by Gasteiger charge is -2.13. The maximum atomic E-state index is 13.3. The molecule has 0 saturated carbocycles. The summed E-state index contributed by atoms with van der Waals surface area (Å²) >= 11 is 0. The summed E-state index contributed by atoms with van der Waals surface area (Å²) in [6.07, 6.45) is 4.09. The number of anilines is 1. The van der Waals surface area contributed by atoms with Crippen LogP contribution in [0, 0.1) is 0 Å². The van der Waals surface area contributed by atoms with E-state index >= 15 is 0 Å². The molecule has 0 amide bonds. The minimum Gasteiger partial charge on any atom is -0.480 e. The van der Waals surface area contributed by atoms with E-state index in [1.165, 1.54) is 36.5 Å². The molecule has 2 aromatic carbocycles. The van der Waals surface area contributed by atoms with Gasteiger partial charge in [0.2, 0.25) is 21.9 Å². The summed E-state index contributed by atoms with van der Waals surface area (Å²) in [5, 5.41) is 0.314. The van der Waals surface area contributed by atoms with E-state index in [0.29, 0.717) is 33.5 Å². The van der Waals surface area contributed by atoms with Crippen molar-refractivity contribution < 1.29 is 17.6 Å². The molecule has 0 aliphatic rings. The minimum atomic E-state index is -4.03. The van der Waals surface area contributed by atoms with E-state index in [2.05, 4.69) is 19.7 Å². The quantitative estimate of drug-likeness (QED) is 0.340. The molecule has 0 unspecified atom stereocenters. The first kappa shape index (κ1) is 23.2. The molecule has 5 aromatic rings. The Morgan fingerprint density at radius 2 is 1.89 bits per heavy atom. The van der Waals surface area contributed by atoms with Crippen LogP contribution in [0.3, 0.4) is 0 Å². The van der Waals surface area contributed by atoms with Gasteiger partial charge in [-0.15, -0.1) is 0 Å². The molecule has 182 valence electrons. The molecule has 3 aromatic heterocycles. The van der Waals surface area contributed by atoms with E-state index in [0.717, 1.165) is 0 Å². The highest BCUT2D eigenvalue weighted by atomic mass is 32.2. The van der Waals surface area contributed by atoms with Crippen LogP contribution >= 0.6 is 0 Å². The molecule has 0 radical (unpaired) electrons. The number of pyridine rings is 1. The predicted octanol–water partition coefficient (Wildman–Crippen LogP) is 2.51. The van der Waals surface area contributed by atoms with E-state index in [1.807, 2.05) is 6.07 Å². The number of sulfonamides is 1. The van der Waals surface area contributed by atoms with Crippen LogP contribution in [0.2, 0.25) is 0 Å². The zero-order valence-electron chi connectivity index (χ0n) is 19.0. The van der Waals surface area contributed by atoms with Gasteiger partial charge < -0.3 is 14.9 Å². The van der Waals surface area contributed by atoms with Gasteiger partial charge in [-0.3, -0.25) is 4.79 Å². The third kappa shape index (κ3) is 4.30. The van der Waals surface area contributed by atoms with Crippen molar-refractivity contribution >= 4 is 26.9 Å². The first-order valence-electron chi connectivity index (χ1n) is 10.7. The molecule has 3 heterocycles. The van der Waals surface area contributed by atoms with Crippen LogP contribution in [-0.2, 0) is 16.6 Å². The first-order valence-corrected chi connectivity index (χ1v) is 12.1. The Morgan fingerprint density at radius 1 is 1.08 bits per heavy atom. The van der Waals surface area contributed by atoms with Gasteiger partial charge in [0.1, 0.15) is 10.7 Å². The highest BCUT2D eigenvalue weighted by molar-refractivity contribution is 7.89. The fourth-order valence-electron chi connectivity index (χ4n) is 3.72. The van der Waals surface area contributed by atoms with Gasteiger partial charge in [0, 0.05) is 11.8 Å². The molecule has 36 heavy (non-hydrogen) atoms. The predicted molar refractivity (Wildman–Crippen MR) is 132 cm³/mol. The van der Waals surface area contributed by atoms with Crippen molar-refractivity contribution in [1.29, 1.82) is 0 Å². The second-order valence-electron chi connectivity index (χ2n) is 7.70. The van der Waals surface area contributed by atoms with Crippen LogP contribution in [0.25, 0.3) is 27.7 Å². The van der Waals surface area contributed by atoms with Gasteiger partial charge >= 0.3 is 0 Å². The summed E-state index contributed by atoms with van der Waals surface area (Å²) in [5.74, 6) is 0.326. The van der Waals surface area contributed by atoms with Crippen molar-refractivity contribution in [2.45, 2.75) is 11.4 Å². The van der Waals surface area contributed by atoms with Crippen molar-refractivity contribution in [3.63, 3.8) is 0 Å². The standard InChI is InChI=1S/C24H20N6O5S/c1-34-22-21(36(32,33)28-13-18-12-26-14-35-18)10-16(11-27-22)15-7-8-20-19(9-15)23(31)30(24(25)29-20)17-5-3-2-4-6-17/h2-12,14,28H,13H2,1H3,(H2,25,29). The molecule has 0 atom stereocenters. The monoisotopic (exact) mass is 504 g/mol. The summed E-state index contributed by atoms with van der Waals surface area (Å²) in [4.78, 5) is 25.5. The van der Waals surface area contributed by atoms with Gasteiger partial charge in [0.05, 0.1) is 36.4 Å². The number of fused-ring (bicyclic) bond motifs is 1. The van der Waals surface area contributed by atoms with E-state index in [9.17, 15) is 13.2 Å². The summed E-state index contributed by atoms with van der Waals surface area (Å²) < 4.78 is 40.1. The van der Waals surface area contributed by atoms with Gasteiger partial charge in [0.15, 0.2) is 6.39 Å². The lowest BCUT2D eigenvalue weighted by molar-refractivity contribution is 0.384. The molecule has 0 bridgehead atoms. The number of oxazole rings is 1. The Bertz CT molecular complexity index is 1720. The van der Waals surface area contributed by atoms with Gasteiger partial charge in [-0.1, -0.05) is 24.3 Å². The average molecular weight is 505 g/mol. The molecule has 3 N–H and O–H groups in total. The fourth-order valence-corrected chi connectivity index (χ4v) is 4.85. The number of hydrogen-bond acceptors (Lipinski definition) is 9. The number of para-hydroxylation sites is 1. The fraction of sp³-hybridized carbons (Fsp3) is 0.0833. The number of nitrogens with two attached hydrogens (primary N) is 1. The number of nitrogens with zero attached hydrogens (tertiary/aromatic N) is 4. The highest BCUT2D eigenvalue weighted by Crippen LogP contribution is 2.29. The van der Waals surface area contributed by atoms with E-state index in [-0.39, 0.29) is 28.8 Å². The Morgan fingerprint density at radius 3 is 2.61 bits per heavy atom. The van der Waals surface area contributed by atoms with Gasteiger partial charge in [-0.25, -0.2) is 32.7 Å². The van der Waals surface area contributed by atoms with Crippen LogP contribution in [-0.4, -0.2) is 35.0 Å². The number of ether oxygens (including phenoxy) is 1. The Kier molecular flexibility index (Phi) is 5.96. The average Bonchev–Trinajstić information content (AvgIpc) is 3.42. The summed E-state index contributed by atoms with van der Waals surface area (Å²) in [7, 11) is -2.70. The largest absolute Gasteiger partial charge is 0.480 e. The van der Waals surface area contributed by atoms with Gasteiger partial charge in [0.25, 0.3) is 5.56 Å². The summed E-state index contributed by atoms with van der Waals surface area (Å²) in [6, 6.07) is 15.4. The molecule has 0 fully saturated rings. The van der Waals surface area contributed by atoms with Gasteiger partial charge in [-0.2, -0.15) is 0 Å². The van der Waals surface area contributed by atoms with Crippen LogP contribution in [0.4, 0.5) is 5.95 Å². The SMILES string of the molecule is COc1ncc(-c2ccc3nc(N)n(-c4ccccc4)c(=O)c3c2)cc1S(=O)(=O)NCc1cnco1. The van der Waals surface area contributed by atoms with Crippen LogP contribution in [0.15, 0.2) is 87.5 Å². The third-order valence-electron chi connectivity index (χ3n) is 5.46. The number of nitrogen functional groups attached to an aromatic ring is 1. The zero-order chi connectivity index (χ0) is 25.3. The van der Waals surface area contributed by atoms with Gasteiger partial charge in [-0.05, 0) is 35.9 Å². The molecule has 0 aliphatic carbocycles. The first-order chi connectivity index (χ1) is 17.4. The number of aromatic nitrogens is 4. The van der Waals surface area contributed by atoms with Crippen LogP contribution < -0.4 is 20.8 Å². The third-order valence-corrected chi connectivity index (χ3v) is 6.86. The lowest BCUT2D eigenvalue weighted by Crippen LogP contribution is -2.24. The Balaban J connectivity index is 1.59. The van der Waals surface area contributed by atoms with Crippen LogP contribution in [0.1, 0.15) is 5.76 Å². The zero-order valence-corrected chi connectivity index (χ0v) is 19.8. The van der Waals surface area contributed by atoms with E-state index in [4.69, 9.17) is 14.9 Å². The van der Waals surface area contributed by atoms with Crippen LogP contribution in [0.5, 0.6) is 5.88 Å².